The van der Waals surface area contributed by atoms with Gasteiger partial charge < -0.3 is 14.4 Å². The molecule has 0 bridgehead atoms. The summed E-state index contributed by atoms with van der Waals surface area (Å²) in [6.45, 7) is 8.11. The van der Waals surface area contributed by atoms with Gasteiger partial charge >= 0.3 is 6.16 Å². The molecule has 150 valence electrons. The number of carbonyl (C=O) groups is 2. The van der Waals surface area contributed by atoms with Crippen LogP contribution >= 0.6 is 0 Å². The van der Waals surface area contributed by atoms with Gasteiger partial charge in [0, 0.05) is 17.8 Å². The van der Waals surface area contributed by atoms with Gasteiger partial charge in [0.15, 0.2) is 0 Å². The van der Waals surface area contributed by atoms with E-state index in [4.69, 9.17) is 9.47 Å². The van der Waals surface area contributed by atoms with E-state index >= 15 is 0 Å². The van der Waals surface area contributed by atoms with E-state index in [2.05, 4.69) is 6.92 Å². The fraction of sp³-hybridized carbons (Fsp3) is 0.391. The number of benzene rings is 2. The molecule has 0 atom stereocenters. The van der Waals surface area contributed by atoms with Crippen molar-refractivity contribution < 1.29 is 19.1 Å². The Kier molecular flexibility index (Phi) is 7.61. The summed E-state index contributed by atoms with van der Waals surface area (Å²) in [7, 11) is 0. The van der Waals surface area contributed by atoms with E-state index in [-0.39, 0.29) is 5.91 Å². The number of hydrogen-bond acceptors (Lipinski definition) is 4. The van der Waals surface area contributed by atoms with Crippen molar-refractivity contribution in [2.45, 2.75) is 52.6 Å². The Morgan fingerprint density at radius 1 is 0.929 bits per heavy atom. The molecule has 0 fully saturated rings. The fourth-order valence-corrected chi connectivity index (χ4v) is 2.66. The van der Waals surface area contributed by atoms with Gasteiger partial charge in [-0.3, -0.25) is 4.79 Å². The van der Waals surface area contributed by atoms with Gasteiger partial charge in [0.05, 0.1) is 0 Å². The second kappa shape index (κ2) is 9.93. The van der Waals surface area contributed by atoms with Crippen molar-refractivity contribution in [3.8, 4) is 5.75 Å². The lowest BCUT2D eigenvalue weighted by atomic mass is 10.1. The largest absolute Gasteiger partial charge is 0.514 e. The molecule has 0 aliphatic rings. The Hall–Kier alpha value is -2.82. The molecule has 0 saturated heterocycles. The Morgan fingerprint density at radius 2 is 1.57 bits per heavy atom. The van der Waals surface area contributed by atoms with E-state index < -0.39 is 11.8 Å². The second-order valence-corrected chi connectivity index (χ2v) is 7.59. The van der Waals surface area contributed by atoms with Crippen LogP contribution in [0.3, 0.4) is 0 Å². The summed E-state index contributed by atoms with van der Waals surface area (Å²) in [5.41, 5.74) is 0.788. The highest BCUT2D eigenvalue weighted by atomic mass is 16.7. The van der Waals surface area contributed by atoms with Crippen LogP contribution in [0.4, 0.5) is 10.5 Å². The molecule has 0 aromatic heterocycles. The zero-order valence-electron chi connectivity index (χ0n) is 17.1. The Morgan fingerprint density at radius 3 is 2.14 bits per heavy atom. The van der Waals surface area contributed by atoms with E-state index in [1.54, 1.807) is 49.9 Å². The van der Waals surface area contributed by atoms with Gasteiger partial charge in [0.25, 0.3) is 5.91 Å². The van der Waals surface area contributed by atoms with Gasteiger partial charge in [-0.1, -0.05) is 38.0 Å². The number of anilines is 1. The predicted octanol–water partition coefficient (Wildman–Crippen LogP) is 5.84. The highest BCUT2D eigenvalue weighted by Gasteiger charge is 2.20. The van der Waals surface area contributed by atoms with Crippen molar-refractivity contribution in [2.75, 3.05) is 11.4 Å². The van der Waals surface area contributed by atoms with Gasteiger partial charge in [0.2, 0.25) is 0 Å². The fourth-order valence-electron chi connectivity index (χ4n) is 2.66. The van der Waals surface area contributed by atoms with Crippen LogP contribution in [-0.4, -0.2) is 24.2 Å². The molecule has 0 spiro atoms. The first-order valence-corrected chi connectivity index (χ1v) is 9.68. The normalized spacial score (nSPS) is 11.0. The number of amides is 1. The van der Waals surface area contributed by atoms with E-state index in [0.29, 0.717) is 17.9 Å². The van der Waals surface area contributed by atoms with Gasteiger partial charge in [-0.25, -0.2) is 4.79 Å². The molecule has 0 heterocycles. The molecule has 0 aliphatic carbocycles. The van der Waals surface area contributed by atoms with Crippen molar-refractivity contribution in [3.05, 3.63) is 60.2 Å². The van der Waals surface area contributed by atoms with E-state index in [0.717, 1.165) is 24.9 Å². The first-order valence-electron chi connectivity index (χ1n) is 9.68. The van der Waals surface area contributed by atoms with Crippen LogP contribution in [0, 0.1) is 0 Å². The highest BCUT2D eigenvalue weighted by Crippen LogP contribution is 2.20. The molecule has 5 nitrogen and oxygen atoms in total. The molecule has 0 saturated carbocycles. The minimum atomic E-state index is -0.767. The van der Waals surface area contributed by atoms with Crippen molar-refractivity contribution in [2.24, 2.45) is 0 Å². The summed E-state index contributed by atoms with van der Waals surface area (Å²) in [5, 5.41) is 0. The number of nitrogens with zero attached hydrogens (tertiary/aromatic N) is 1. The highest BCUT2D eigenvalue weighted by molar-refractivity contribution is 6.06. The number of ether oxygens (including phenoxy) is 2. The quantitative estimate of drug-likeness (QED) is 0.342. The molecule has 2 aromatic carbocycles. The molecule has 1 amide bonds. The number of unbranched alkanes of at least 4 members (excludes halogenated alkanes) is 2. The Balaban J connectivity index is 2.10. The summed E-state index contributed by atoms with van der Waals surface area (Å²) in [5.74, 6) is 0.258. The summed E-state index contributed by atoms with van der Waals surface area (Å²) in [4.78, 5) is 26.6. The summed E-state index contributed by atoms with van der Waals surface area (Å²) in [6, 6.07) is 16.2. The lowest BCUT2D eigenvalue weighted by Crippen LogP contribution is -2.32. The summed E-state index contributed by atoms with van der Waals surface area (Å²) >= 11 is 0. The molecule has 5 heteroatoms. The van der Waals surface area contributed by atoms with Crippen LogP contribution in [0.15, 0.2) is 54.6 Å². The predicted molar refractivity (Wildman–Crippen MR) is 111 cm³/mol. The minimum Gasteiger partial charge on any atom is -0.428 e. The van der Waals surface area contributed by atoms with Gasteiger partial charge in [-0.05, 0) is 63.6 Å². The smallest absolute Gasteiger partial charge is 0.428 e. The molecular formula is C23H29NO4. The van der Waals surface area contributed by atoms with Crippen molar-refractivity contribution in [1.29, 1.82) is 0 Å². The summed E-state index contributed by atoms with van der Waals surface area (Å²) in [6.07, 6.45) is 2.33. The minimum absolute atomic E-state index is 0.0777. The van der Waals surface area contributed by atoms with Crippen molar-refractivity contribution in [3.63, 3.8) is 0 Å². The standard InChI is InChI=1S/C23H29NO4/c1-5-6-10-17-24(19-11-8-7-9-12-19)21(25)18-13-15-20(16-14-18)27-22(26)28-23(2,3)4/h7-9,11-16H,5-6,10,17H2,1-4H3. The van der Waals surface area contributed by atoms with Crippen LogP contribution in [-0.2, 0) is 4.74 Å². The number of hydrogen-bond donors (Lipinski definition) is 0. The van der Waals surface area contributed by atoms with Crippen LogP contribution in [0.2, 0.25) is 0 Å². The van der Waals surface area contributed by atoms with Crippen LogP contribution in [0.1, 0.15) is 57.3 Å². The molecule has 0 radical (unpaired) electrons. The monoisotopic (exact) mass is 383 g/mol. The van der Waals surface area contributed by atoms with E-state index in [1.807, 2.05) is 30.3 Å². The van der Waals surface area contributed by atoms with Crippen molar-refractivity contribution >= 4 is 17.7 Å². The van der Waals surface area contributed by atoms with Crippen LogP contribution in [0.25, 0.3) is 0 Å². The van der Waals surface area contributed by atoms with Crippen molar-refractivity contribution in [1.82, 2.24) is 0 Å². The maximum Gasteiger partial charge on any atom is 0.514 e. The SMILES string of the molecule is CCCCCN(C(=O)c1ccc(OC(=O)OC(C)(C)C)cc1)c1ccccc1. The summed E-state index contributed by atoms with van der Waals surface area (Å²) < 4.78 is 10.3. The topological polar surface area (TPSA) is 55.8 Å². The molecule has 2 rings (SSSR count). The van der Waals surface area contributed by atoms with E-state index in [9.17, 15) is 9.59 Å². The first-order chi connectivity index (χ1) is 13.3. The first kappa shape index (κ1) is 21.5. The number of para-hydroxylation sites is 1. The molecule has 28 heavy (non-hydrogen) atoms. The third kappa shape index (κ3) is 6.72. The molecule has 0 N–H and O–H groups in total. The number of carbonyl (C=O) groups excluding carboxylic acids is 2. The Bertz CT molecular complexity index is 763. The number of rotatable bonds is 7. The Labute approximate surface area is 167 Å². The third-order valence-electron chi connectivity index (χ3n) is 3.99. The average molecular weight is 383 g/mol. The molecule has 0 aliphatic heterocycles. The van der Waals surface area contributed by atoms with Gasteiger partial charge in [0.1, 0.15) is 11.4 Å². The molecular weight excluding hydrogens is 354 g/mol. The third-order valence-corrected chi connectivity index (χ3v) is 3.99. The maximum atomic E-state index is 13.1. The maximum absolute atomic E-state index is 13.1. The van der Waals surface area contributed by atoms with E-state index in [1.165, 1.54) is 0 Å². The lowest BCUT2D eigenvalue weighted by Gasteiger charge is -2.23. The average Bonchev–Trinajstić information content (AvgIpc) is 2.64. The zero-order valence-corrected chi connectivity index (χ0v) is 17.1. The van der Waals surface area contributed by atoms with Crippen LogP contribution < -0.4 is 9.64 Å². The molecule has 2 aromatic rings. The lowest BCUT2D eigenvalue weighted by molar-refractivity contribution is 0.0206. The van der Waals surface area contributed by atoms with Gasteiger partial charge in [-0.2, -0.15) is 0 Å². The second-order valence-electron chi connectivity index (χ2n) is 7.59. The molecule has 0 unspecified atom stereocenters. The zero-order chi connectivity index (χ0) is 20.6. The van der Waals surface area contributed by atoms with Gasteiger partial charge in [-0.15, -0.1) is 0 Å². The van der Waals surface area contributed by atoms with Crippen LogP contribution in [0.5, 0.6) is 5.75 Å².